The summed E-state index contributed by atoms with van der Waals surface area (Å²) < 4.78 is 0.923. The van der Waals surface area contributed by atoms with Crippen LogP contribution < -0.4 is 10.6 Å². The Labute approximate surface area is 147 Å². The second kappa shape index (κ2) is 6.66. The number of carbonyl (C=O) groups is 1. The van der Waals surface area contributed by atoms with E-state index >= 15 is 0 Å². The second-order valence-electron chi connectivity index (χ2n) is 5.24. The molecule has 0 atom stereocenters. The van der Waals surface area contributed by atoms with Gasteiger partial charge in [-0.3, -0.25) is 9.78 Å². The Morgan fingerprint density at radius 3 is 2.72 bits per heavy atom. The summed E-state index contributed by atoms with van der Waals surface area (Å²) in [5, 5.41) is 6.70. The smallest absolute Gasteiger partial charge is 0.255 e. The van der Waals surface area contributed by atoms with Gasteiger partial charge in [0.15, 0.2) is 10.9 Å². The standard InChI is InChI=1S/C18H13N5OS/c24-17(21-13-4-2-1-3-5-13)12-6-7-14-15(10-12)25-18(22-14)23-16-11-19-8-9-20-16/h1-11H,(H,21,24)(H,20,22,23). The van der Waals surface area contributed by atoms with Gasteiger partial charge in [-0.25, -0.2) is 9.97 Å². The van der Waals surface area contributed by atoms with E-state index in [4.69, 9.17) is 0 Å². The van der Waals surface area contributed by atoms with Crippen molar-refractivity contribution in [2.24, 2.45) is 0 Å². The Morgan fingerprint density at radius 1 is 1.04 bits per heavy atom. The summed E-state index contributed by atoms with van der Waals surface area (Å²) in [6, 6.07) is 14.8. The molecular formula is C18H13N5OS. The minimum absolute atomic E-state index is 0.148. The van der Waals surface area contributed by atoms with E-state index in [9.17, 15) is 4.79 Å². The number of hydrogen-bond donors (Lipinski definition) is 2. The first kappa shape index (κ1) is 15.2. The van der Waals surface area contributed by atoms with Crippen molar-refractivity contribution in [2.45, 2.75) is 0 Å². The van der Waals surface area contributed by atoms with Crippen molar-refractivity contribution in [3.8, 4) is 0 Å². The van der Waals surface area contributed by atoms with Crippen LogP contribution in [-0.2, 0) is 0 Å². The number of nitrogens with zero attached hydrogens (tertiary/aromatic N) is 3. The molecule has 0 aliphatic rings. The highest BCUT2D eigenvalue weighted by Crippen LogP contribution is 2.28. The summed E-state index contributed by atoms with van der Waals surface area (Å²) >= 11 is 1.46. The number of carbonyl (C=O) groups excluding carboxylic acids is 1. The lowest BCUT2D eigenvalue weighted by Crippen LogP contribution is -2.11. The molecule has 0 spiro atoms. The van der Waals surface area contributed by atoms with Crippen LogP contribution in [0.5, 0.6) is 0 Å². The molecule has 2 N–H and O–H groups in total. The summed E-state index contributed by atoms with van der Waals surface area (Å²) in [4.78, 5) is 25.1. The van der Waals surface area contributed by atoms with Gasteiger partial charge in [-0.1, -0.05) is 29.5 Å². The molecule has 4 aromatic rings. The molecule has 0 aliphatic heterocycles. The van der Waals surface area contributed by atoms with Crippen molar-refractivity contribution in [1.82, 2.24) is 15.0 Å². The Balaban J connectivity index is 1.56. The molecule has 0 unspecified atom stereocenters. The number of nitrogens with one attached hydrogen (secondary N) is 2. The van der Waals surface area contributed by atoms with Crippen molar-refractivity contribution < 1.29 is 4.79 Å². The molecule has 0 bridgehead atoms. The van der Waals surface area contributed by atoms with Crippen molar-refractivity contribution >= 4 is 44.1 Å². The van der Waals surface area contributed by atoms with Crippen LogP contribution in [0.2, 0.25) is 0 Å². The van der Waals surface area contributed by atoms with Crippen LogP contribution >= 0.6 is 11.3 Å². The van der Waals surface area contributed by atoms with E-state index in [0.717, 1.165) is 15.9 Å². The molecule has 1 amide bonds. The first-order valence-electron chi connectivity index (χ1n) is 7.58. The predicted molar refractivity (Wildman–Crippen MR) is 99.3 cm³/mol. The number of para-hydroxylation sites is 1. The first-order chi connectivity index (χ1) is 12.3. The zero-order valence-corrected chi connectivity index (χ0v) is 13.8. The van der Waals surface area contributed by atoms with Crippen molar-refractivity contribution in [1.29, 1.82) is 0 Å². The van der Waals surface area contributed by atoms with E-state index in [1.807, 2.05) is 42.5 Å². The van der Waals surface area contributed by atoms with Crippen LogP contribution in [0.15, 0.2) is 67.1 Å². The Bertz CT molecular complexity index is 1020. The van der Waals surface area contributed by atoms with Gasteiger partial charge in [-0.15, -0.1) is 0 Å². The fraction of sp³-hybridized carbons (Fsp3) is 0. The van der Waals surface area contributed by atoms with Gasteiger partial charge in [0, 0.05) is 23.6 Å². The number of thiazole rings is 1. The average molecular weight is 347 g/mol. The molecule has 2 aromatic carbocycles. The predicted octanol–water partition coefficient (Wildman–Crippen LogP) is 4.08. The van der Waals surface area contributed by atoms with E-state index in [1.54, 1.807) is 24.7 Å². The third kappa shape index (κ3) is 3.46. The van der Waals surface area contributed by atoms with Gasteiger partial charge in [0.1, 0.15) is 0 Å². The van der Waals surface area contributed by atoms with Crippen LogP contribution in [0, 0.1) is 0 Å². The normalized spacial score (nSPS) is 10.6. The van der Waals surface area contributed by atoms with Gasteiger partial charge in [-0.2, -0.15) is 0 Å². The number of anilines is 3. The van der Waals surface area contributed by atoms with E-state index < -0.39 is 0 Å². The number of benzene rings is 2. The SMILES string of the molecule is O=C(Nc1ccccc1)c1ccc2nc(Nc3cnccn3)sc2c1. The molecule has 2 aromatic heterocycles. The summed E-state index contributed by atoms with van der Waals surface area (Å²) in [6.07, 6.45) is 4.85. The minimum Gasteiger partial charge on any atom is -0.322 e. The number of rotatable bonds is 4. The third-order valence-electron chi connectivity index (χ3n) is 3.48. The fourth-order valence-corrected chi connectivity index (χ4v) is 3.23. The van der Waals surface area contributed by atoms with Crippen LogP contribution in [0.4, 0.5) is 16.6 Å². The third-order valence-corrected chi connectivity index (χ3v) is 4.41. The summed E-state index contributed by atoms with van der Waals surface area (Å²) in [6.45, 7) is 0. The van der Waals surface area contributed by atoms with Gasteiger partial charge < -0.3 is 10.6 Å². The molecule has 0 aliphatic carbocycles. The average Bonchev–Trinajstić information content (AvgIpc) is 3.04. The monoisotopic (exact) mass is 347 g/mol. The lowest BCUT2D eigenvalue weighted by Gasteiger charge is -2.04. The van der Waals surface area contributed by atoms with Gasteiger partial charge in [0.25, 0.3) is 5.91 Å². The van der Waals surface area contributed by atoms with Gasteiger partial charge >= 0.3 is 0 Å². The minimum atomic E-state index is -0.148. The fourth-order valence-electron chi connectivity index (χ4n) is 2.32. The molecule has 0 radical (unpaired) electrons. The molecule has 25 heavy (non-hydrogen) atoms. The molecule has 4 rings (SSSR count). The number of hydrogen-bond acceptors (Lipinski definition) is 6. The lowest BCUT2D eigenvalue weighted by atomic mass is 10.2. The molecule has 7 heteroatoms. The number of amides is 1. The highest BCUT2D eigenvalue weighted by Gasteiger charge is 2.10. The summed E-state index contributed by atoms with van der Waals surface area (Å²) in [5.74, 6) is 0.480. The lowest BCUT2D eigenvalue weighted by molar-refractivity contribution is 0.102. The highest BCUT2D eigenvalue weighted by molar-refractivity contribution is 7.22. The molecule has 0 fully saturated rings. The zero-order valence-electron chi connectivity index (χ0n) is 13.0. The maximum absolute atomic E-state index is 12.4. The molecule has 122 valence electrons. The topological polar surface area (TPSA) is 79.8 Å². The van der Waals surface area contributed by atoms with E-state index in [2.05, 4.69) is 25.6 Å². The van der Waals surface area contributed by atoms with Crippen LogP contribution in [0.25, 0.3) is 10.2 Å². The molecule has 2 heterocycles. The molecule has 0 saturated heterocycles. The Hall–Kier alpha value is -3.32. The maximum Gasteiger partial charge on any atom is 0.255 e. The second-order valence-corrected chi connectivity index (χ2v) is 6.27. The maximum atomic E-state index is 12.4. The summed E-state index contributed by atoms with van der Waals surface area (Å²) in [7, 11) is 0. The van der Waals surface area contributed by atoms with Crippen LogP contribution in [-0.4, -0.2) is 20.9 Å². The van der Waals surface area contributed by atoms with Gasteiger partial charge in [0.2, 0.25) is 0 Å². The van der Waals surface area contributed by atoms with Crippen molar-refractivity contribution in [2.75, 3.05) is 10.6 Å². The molecule has 6 nitrogen and oxygen atoms in total. The zero-order chi connectivity index (χ0) is 17.1. The van der Waals surface area contributed by atoms with Gasteiger partial charge in [0.05, 0.1) is 16.4 Å². The molecular weight excluding hydrogens is 334 g/mol. The van der Waals surface area contributed by atoms with E-state index in [0.29, 0.717) is 16.5 Å². The van der Waals surface area contributed by atoms with Crippen LogP contribution in [0.3, 0.4) is 0 Å². The van der Waals surface area contributed by atoms with E-state index in [-0.39, 0.29) is 5.91 Å². The number of aromatic nitrogens is 3. The quantitative estimate of drug-likeness (QED) is 0.581. The highest BCUT2D eigenvalue weighted by atomic mass is 32.1. The van der Waals surface area contributed by atoms with Gasteiger partial charge in [-0.05, 0) is 30.3 Å². The van der Waals surface area contributed by atoms with Crippen LogP contribution in [0.1, 0.15) is 10.4 Å². The summed E-state index contributed by atoms with van der Waals surface area (Å²) in [5.41, 5.74) is 2.18. The Morgan fingerprint density at radius 2 is 1.92 bits per heavy atom. The van der Waals surface area contributed by atoms with E-state index in [1.165, 1.54) is 11.3 Å². The Kier molecular flexibility index (Phi) is 4.05. The largest absolute Gasteiger partial charge is 0.322 e. The van der Waals surface area contributed by atoms with Crippen molar-refractivity contribution in [3.05, 3.63) is 72.7 Å². The number of fused-ring (bicyclic) bond motifs is 1. The van der Waals surface area contributed by atoms with Crippen molar-refractivity contribution in [3.63, 3.8) is 0 Å². The molecule has 0 saturated carbocycles. The first-order valence-corrected chi connectivity index (χ1v) is 8.40.